The molecule has 1 unspecified atom stereocenters. The van der Waals surface area contributed by atoms with E-state index in [0.717, 1.165) is 28.0 Å². The van der Waals surface area contributed by atoms with E-state index in [4.69, 9.17) is 4.74 Å². The standard InChI is InChI=1S/C18H22O2/c1-11-8-13(3)16(10-12(11)2)18(19)15-6-7-17(20-5)14(4)9-15/h6-10,18-19H,1-5H3. The average Bonchev–Trinajstić information content (AvgIpc) is 2.42. The lowest BCUT2D eigenvalue weighted by Gasteiger charge is -2.17. The van der Waals surface area contributed by atoms with Crippen LogP contribution in [0.5, 0.6) is 5.75 Å². The number of aryl methyl sites for hydroxylation is 4. The fraction of sp³-hybridized carbons (Fsp3) is 0.333. The topological polar surface area (TPSA) is 29.5 Å². The highest BCUT2D eigenvalue weighted by Crippen LogP contribution is 2.29. The van der Waals surface area contributed by atoms with E-state index in [1.54, 1.807) is 7.11 Å². The molecule has 1 N–H and O–H groups in total. The van der Waals surface area contributed by atoms with E-state index in [1.807, 2.05) is 32.0 Å². The van der Waals surface area contributed by atoms with Gasteiger partial charge in [0.15, 0.2) is 0 Å². The molecule has 0 aliphatic carbocycles. The molecule has 1 atom stereocenters. The fourth-order valence-electron chi connectivity index (χ4n) is 2.53. The largest absolute Gasteiger partial charge is 0.496 e. The van der Waals surface area contributed by atoms with Crippen LogP contribution in [-0.4, -0.2) is 12.2 Å². The Bertz CT molecular complexity index is 630. The highest BCUT2D eigenvalue weighted by Gasteiger charge is 2.15. The molecule has 2 nitrogen and oxygen atoms in total. The van der Waals surface area contributed by atoms with Crippen molar-refractivity contribution in [1.82, 2.24) is 0 Å². The fourth-order valence-corrected chi connectivity index (χ4v) is 2.53. The summed E-state index contributed by atoms with van der Waals surface area (Å²) in [5.74, 6) is 0.845. The first kappa shape index (κ1) is 14.6. The van der Waals surface area contributed by atoms with E-state index in [2.05, 4.69) is 26.0 Å². The molecule has 0 aromatic heterocycles. The van der Waals surface area contributed by atoms with E-state index < -0.39 is 6.10 Å². The molecule has 0 heterocycles. The molecule has 0 aliphatic heterocycles. The van der Waals surface area contributed by atoms with Gasteiger partial charge in [0.25, 0.3) is 0 Å². The molecule has 2 aromatic rings. The third kappa shape index (κ3) is 2.70. The third-order valence-corrected chi connectivity index (χ3v) is 3.91. The maximum atomic E-state index is 10.6. The second-order valence-corrected chi connectivity index (χ2v) is 5.42. The van der Waals surface area contributed by atoms with Crippen molar-refractivity contribution in [3.05, 3.63) is 63.7 Å². The van der Waals surface area contributed by atoms with Crippen LogP contribution >= 0.6 is 0 Å². The Kier molecular flexibility index (Phi) is 4.15. The van der Waals surface area contributed by atoms with Gasteiger partial charge in [0.1, 0.15) is 11.9 Å². The van der Waals surface area contributed by atoms with Gasteiger partial charge in [-0.25, -0.2) is 0 Å². The zero-order chi connectivity index (χ0) is 14.9. The quantitative estimate of drug-likeness (QED) is 0.913. The Hall–Kier alpha value is -1.80. The van der Waals surface area contributed by atoms with Crippen LogP contribution in [0.25, 0.3) is 0 Å². The van der Waals surface area contributed by atoms with Crippen LogP contribution in [0.4, 0.5) is 0 Å². The molecule has 2 aromatic carbocycles. The van der Waals surface area contributed by atoms with E-state index in [-0.39, 0.29) is 0 Å². The van der Waals surface area contributed by atoms with Gasteiger partial charge in [-0.3, -0.25) is 0 Å². The van der Waals surface area contributed by atoms with Gasteiger partial charge in [-0.05, 0) is 73.2 Å². The molecule has 0 spiro atoms. The minimum Gasteiger partial charge on any atom is -0.496 e. The van der Waals surface area contributed by atoms with E-state index >= 15 is 0 Å². The number of methoxy groups -OCH3 is 1. The second kappa shape index (κ2) is 5.68. The first-order valence-corrected chi connectivity index (χ1v) is 6.84. The molecule has 0 amide bonds. The van der Waals surface area contributed by atoms with Crippen LogP contribution in [0.1, 0.15) is 39.5 Å². The molecule has 0 fully saturated rings. The maximum Gasteiger partial charge on any atom is 0.121 e. The SMILES string of the molecule is COc1ccc(C(O)c2cc(C)c(C)cc2C)cc1C. The number of aliphatic hydroxyl groups is 1. The third-order valence-electron chi connectivity index (χ3n) is 3.91. The lowest BCUT2D eigenvalue weighted by Crippen LogP contribution is -2.04. The molecule has 0 bridgehead atoms. The number of benzene rings is 2. The first-order chi connectivity index (χ1) is 9.43. The first-order valence-electron chi connectivity index (χ1n) is 6.84. The molecule has 0 radical (unpaired) electrons. The Labute approximate surface area is 121 Å². The monoisotopic (exact) mass is 270 g/mol. The van der Waals surface area contributed by atoms with E-state index in [9.17, 15) is 5.11 Å². The van der Waals surface area contributed by atoms with Crippen molar-refractivity contribution in [1.29, 1.82) is 0 Å². The summed E-state index contributed by atoms with van der Waals surface area (Å²) >= 11 is 0. The molecule has 0 aliphatic rings. The van der Waals surface area contributed by atoms with E-state index in [1.165, 1.54) is 11.1 Å². The molecule has 20 heavy (non-hydrogen) atoms. The number of rotatable bonds is 3. The molecular formula is C18H22O2. The average molecular weight is 270 g/mol. The van der Waals surface area contributed by atoms with Crippen LogP contribution in [-0.2, 0) is 0 Å². The van der Waals surface area contributed by atoms with Gasteiger partial charge >= 0.3 is 0 Å². The van der Waals surface area contributed by atoms with Crippen LogP contribution in [0.2, 0.25) is 0 Å². The van der Waals surface area contributed by atoms with Crippen molar-refractivity contribution in [3.63, 3.8) is 0 Å². The maximum absolute atomic E-state index is 10.6. The Morgan fingerprint density at radius 2 is 1.50 bits per heavy atom. The van der Waals surface area contributed by atoms with Gasteiger partial charge in [0.2, 0.25) is 0 Å². The summed E-state index contributed by atoms with van der Waals surface area (Å²) in [6, 6.07) is 10.0. The molecule has 106 valence electrons. The minimum absolute atomic E-state index is 0.598. The van der Waals surface area contributed by atoms with Crippen molar-refractivity contribution in [2.24, 2.45) is 0 Å². The van der Waals surface area contributed by atoms with E-state index in [0.29, 0.717) is 0 Å². The van der Waals surface area contributed by atoms with Gasteiger partial charge in [-0.15, -0.1) is 0 Å². The smallest absolute Gasteiger partial charge is 0.121 e. The normalized spacial score (nSPS) is 12.3. The van der Waals surface area contributed by atoms with Gasteiger partial charge in [-0.2, -0.15) is 0 Å². The second-order valence-electron chi connectivity index (χ2n) is 5.42. The minimum atomic E-state index is -0.598. The zero-order valence-electron chi connectivity index (χ0n) is 12.8. The summed E-state index contributed by atoms with van der Waals surface area (Å²) < 4.78 is 5.26. The van der Waals surface area contributed by atoms with Crippen LogP contribution < -0.4 is 4.74 Å². The lowest BCUT2D eigenvalue weighted by atomic mass is 9.93. The van der Waals surface area contributed by atoms with Crippen molar-refractivity contribution >= 4 is 0 Å². The molecular weight excluding hydrogens is 248 g/mol. The number of ether oxygens (including phenoxy) is 1. The predicted octanol–water partition coefficient (Wildman–Crippen LogP) is 4.01. The Morgan fingerprint density at radius 1 is 0.850 bits per heavy atom. The summed E-state index contributed by atoms with van der Waals surface area (Å²) in [7, 11) is 1.66. The molecule has 2 rings (SSSR count). The summed E-state index contributed by atoms with van der Waals surface area (Å²) in [5.41, 5.74) is 6.48. The lowest BCUT2D eigenvalue weighted by molar-refractivity contribution is 0.219. The van der Waals surface area contributed by atoms with Crippen molar-refractivity contribution in [2.75, 3.05) is 7.11 Å². The van der Waals surface area contributed by atoms with Crippen LogP contribution in [0.3, 0.4) is 0 Å². The highest BCUT2D eigenvalue weighted by atomic mass is 16.5. The van der Waals surface area contributed by atoms with Crippen LogP contribution in [0.15, 0.2) is 30.3 Å². The van der Waals surface area contributed by atoms with Crippen molar-refractivity contribution < 1.29 is 9.84 Å². The predicted molar refractivity (Wildman–Crippen MR) is 82.4 cm³/mol. The zero-order valence-corrected chi connectivity index (χ0v) is 12.8. The van der Waals surface area contributed by atoms with Crippen molar-refractivity contribution in [2.45, 2.75) is 33.8 Å². The summed E-state index contributed by atoms with van der Waals surface area (Å²) in [6.07, 6.45) is -0.598. The van der Waals surface area contributed by atoms with Gasteiger partial charge in [-0.1, -0.05) is 18.2 Å². The summed E-state index contributed by atoms with van der Waals surface area (Å²) in [5, 5.41) is 10.6. The number of hydrogen-bond donors (Lipinski definition) is 1. The number of hydrogen-bond acceptors (Lipinski definition) is 2. The van der Waals surface area contributed by atoms with Crippen LogP contribution in [0, 0.1) is 27.7 Å². The molecule has 0 saturated heterocycles. The Balaban J connectivity index is 2.43. The highest BCUT2D eigenvalue weighted by molar-refractivity contribution is 5.44. The number of aliphatic hydroxyl groups excluding tert-OH is 1. The van der Waals surface area contributed by atoms with Gasteiger partial charge < -0.3 is 9.84 Å². The molecule has 2 heteroatoms. The van der Waals surface area contributed by atoms with Gasteiger partial charge in [0.05, 0.1) is 7.11 Å². The van der Waals surface area contributed by atoms with Crippen molar-refractivity contribution in [3.8, 4) is 5.75 Å². The van der Waals surface area contributed by atoms with Gasteiger partial charge in [0, 0.05) is 0 Å². The summed E-state index contributed by atoms with van der Waals surface area (Å²) in [4.78, 5) is 0. The Morgan fingerprint density at radius 3 is 2.10 bits per heavy atom. The molecule has 0 saturated carbocycles. The summed E-state index contributed by atoms with van der Waals surface area (Å²) in [6.45, 7) is 8.20.